The summed E-state index contributed by atoms with van der Waals surface area (Å²) in [6, 6.07) is 6.28. The maximum Gasteiger partial charge on any atom is 0.222 e. The molecule has 0 unspecified atom stereocenters. The molecule has 3 aromatic heterocycles. The van der Waals surface area contributed by atoms with Crippen molar-refractivity contribution in [3.63, 3.8) is 0 Å². The Morgan fingerprint density at radius 1 is 1.34 bits per heavy atom. The van der Waals surface area contributed by atoms with Crippen molar-refractivity contribution in [1.82, 2.24) is 19.5 Å². The van der Waals surface area contributed by atoms with E-state index in [1.807, 2.05) is 26.2 Å². The molecule has 9 nitrogen and oxygen atoms in total. The van der Waals surface area contributed by atoms with Gasteiger partial charge in [0.1, 0.15) is 17.5 Å². The maximum absolute atomic E-state index is 9.52. The quantitative estimate of drug-likeness (QED) is 0.613. The van der Waals surface area contributed by atoms with Crippen molar-refractivity contribution >= 4 is 28.5 Å². The van der Waals surface area contributed by atoms with Crippen LogP contribution in [0.5, 0.6) is 0 Å². The number of nitrogen functional groups attached to an aromatic ring is 1. The molecule has 0 amide bonds. The topological polar surface area (TPSA) is 135 Å². The molecule has 3 aromatic rings. The standard InChI is InChI=1S/C20H25N9/c1-11-14(9-21)19(27-20(23)25-11)24-12(2)18-17(29-7-4-13(22)10-29)8-16-15(26-18)5-6-28(16)3/h5-6,8,12-13H,4,7,10,22H2,1-3H3,(H3,23,24,25,27)/t12-,13+/m0/s1. The third kappa shape index (κ3) is 3.43. The van der Waals surface area contributed by atoms with E-state index in [4.69, 9.17) is 16.5 Å². The molecular formula is C20H25N9. The number of aromatic nitrogens is 4. The van der Waals surface area contributed by atoms with E-state index >= 15 is 0 Å². The smallest absolute Gasteiger partial charge is 0.222 e. The summed E-state index contributed by atoms with van der Waals surface area (Å²) in [6.45, 7) is 5.44. The molecule has 5 N–H and O–H groups in total. The molecule has 0 spiro atoms. The molecule has 1 aliphatic rings. The van der Waals surface area contributed by atoms with Crippen LogP contribution in [0.25, 0.3) is 11.0 Å². The first-order chi connectivity index (χ1) is 13.9. The Morgan fingerprint density at radius 3 is 2.83 bits per heavy atom. The van der Waals surface area contributed by atoms with Crippen molar-refractivity contribution in [3.8, 4) is 6.07 Å². The van der Waals surface area contributed by atoms with Crippen molar-refractivity contribution in [2.75, 3.05) is 29.0 Å². The summed E-state index contributed by atoms with van der Waals surface area (Å²) in [5, 5.41) is 12.8. The lowest BCUT2D eigenvalue weighted by Gasteiger charge is -2.25. The number of nitrogens with zero attached hydrogens (tertiary/aromatic N) is 6. The molecule has 4 rings (SSSR count). The van der Waals surface area contributed by atoms with Gasteiger partial charge in [-0.05, 0) is 32.4 Å². The first kappa shape index (κ1) is 19.0. The molecule has 4 heterocycles. The first-order valence-corrected chi connectivity index (χ1v) is 9.64. The van der Waals surface area contributed by atoms with E-state index in [1.165, 1.54) is 0 Å². The molecule has 0 saturated carbocycles. The Bertz CT molecular complexity index is 1110. The summed E-state index contributed by atoms with van der Waals surface area (Å²) in [6.07, 6.45) is 2.95. The van der Waals surface area contributed by atoms with Gasteiger partial charge in [0.2, 0.25) is 5.95 Å². The van der Waals surface area contributed by atoms with Crippen LogP contribution in [-0.4, -0.2) is 38.7 Å². The van der Waals surface area contributed by atoms with E-state index in [9.17, 15) is 5.26 Å². The number of rotatable bonds is 4. The van der Waals surface area contributed by atoms with Crippen molar-refractivity contribution in [2.24, 2.45) is 12.8 Å². The molecule has 150 valence electrons. The third-order valence-corrected chi connectivity index (χ3v) is 5.42. The zero-order chi connectivity index (χ0) is 20.7. The van der Waals surface area contributed by atoms with Crippen LogP contribution in [0.15, 0.2) is 18.3 Å². The second-order valence-corrected chi connectivity index (χ2v) is 7.59. The molecule has 29 heavy (non-hydrogen) atoms. The van der Waals surface area contributed by atoms with Crippen LogP contribution in [0, 0.1) is 18.3 Å². The Kier molecular flexibility index (Phi) is 4.72. The third-order valence-electron chi connectivity index (χ3n) is 5.42. The number of aryl methyl sites for hydroxylation is 2. The highest BCUT2D eigenvalue weighted by atomic mass is 15.2. The summed E-state index contributed by atoms with van der Waals surface area (Å²) >= 11 is 0. The van der Waals surface area contributed by atoms with Crippen molar-refractivity contribution in [2.45, 2.75) is 32.4 Å². The molecule has 0 aliphatic carbocycles. The molecule has 9 heteroatoms. The van der Waals surface area contributed by atoms with Crippen LogP contribution in [-0.2, 0) is 7.05 Å². The second-order valence-electron chi connectivity index (χ2n) is 7.59. The average molecular weight is 391 g/mol. The molecule has 1 aliphatic heterocycles. The van der Waals surface area contributed by atoms with Gasteiger partial charge in [0, 0.05) is 32.4 Å². The lowest BCUT2D eigenvalue weighted by molar-refractivity contribution is 0.750. The van der Waals surface area contributed by atoms with Crippen molar-refractivity contribution < 1.29 is 0 Å². The minimum Gasteiger partial charge on any atom is -0.368 e. The van der Waals surface area contributed by atoms with Gasteiger partial charge in [0.25, 0.3) is 0 Å². The fraction of sp³-hybridized carbons (Fsp3) is 0.400. The normalized spacial score (nSPS) is 17.5. The zero-order valence-corrected chi connectivity index (χ0v) is 16.8. The zero-order valence-electron chi connectivity index (χ0n) is 16.8. The van der Waals surface area contributed by atoms with Crippen LogP contribution < -0.4 is 21.7 Å². The minimum atomic E-state index is -0.202. The molecule has 0 bridgehead atoms. The molecule has 0 radical (unpaired) electrons. The molecule has 1 fully saturated rings. The van der Waals surface area contributed by atoms with Gasteiger partial charge in [-0.15, -0.1) is 0 Å². The largest absolute Gasteiger partial charge is 0.368 e. The predicted molar refractivity (Wildman–Crippen MR) is 113 cm³/mol. The van der Waals surface area contributed by atoms with Gasteiger partial charge in [-0.2, -0.15) is 10.2 Å². The number of hydrogen-bond donors (Lipinski definition) is 3. The lowest BCUT2D eigenvalue weighted by Crippen LogP contribution is -2.28. The van der Waals surface area contributed by atoms with E-state index in [2.05, 4.69) is 36.9 Å². The van der Waals surface area contributed by atoms with E-state index in [0.29, 0.717) is 17.1 Å². The van der Waals surface area contributed by atoms with Gasteiger partial charge in [-0.1, -0.05) is 0 Å². The second kappa shape index (κ2) is 7.22. The van der Waals surface area contributed by atoms with E-state index in [0.717, 1.165) is 41.9 Å². The van der Waals surface area contributed by atoms with Gasteiger partial charge < -0.3 is 26.3 Å². The van der Waals surface area contributed by atoms with Crippen LogP contribution in [0.4, 0.5) is 17.5 Å². The van der Waals surface area contributed by atoms with Gasteiger partial charge >= 0.3 is 0 Å². The summed E-state index contributed by atoms with van der Waals surface area (Å²) in [5.74, 6) is 0.553. The van der Waals surface area contributed by atoms with Crippen LogP contribution >= 0.6 is 0 Å². The maximum atomic E-state index is 9.52. The highest BCUT2D eigenvalue weighted by molar-refractivity contribution is 5.81. The van der Waals surface area contributed by atoms with Gasteiger partial charge in [-0.3, -0.25) is 0 Å². The SMILES string of the molecule is Cc1nc(N)nc(N[C@@H](C)c2nc3ccn(C)c3cc2N2CC[C@@H](N)C2)c1C#N. The fourth-order valence-corrected chi connectivity index (χ4v) is 3.87. The molecular weight excluding hydrogens is 366 g/mol. The Hall–Kier alpha value is -3.38. The van der Waals surface area contributed by atoms with Crippen molar-refractivity contribution in [3.05, 3.63) is 35.3 Å². The highest BCUT2D eigenvalue weighted by Crippen LogP contribution is 2.33. The van der Waals surface area contributed by atoms with Gasteiger partial charge in [0.15, 0.2) is 0 Å². The summed E-state index contributed by atoms with van der Waals surface area (Å²) in [4.78, 5) is 15.5. The molecule has 2 atom stereocenters. The Morgan fingerprint density at radius 2 is 2.14 bits per heavy atom. The molecule has 0 aromatic carbocycles. The summed E-state index contributed by atoms with van der Waals surface area (Å²) < 4.78 is 2.06. The number of nitrogens with two attached hydrogens (primary N) is 2. The number of nitrogens with one attached hydrogen (secondary N) is 1. The van der Waals surface area contributed by atoms with E-state index in [1.54, 1.807) is 6.92 Å². The number of hydrogen-bond acceptors (Lipinski definition) is 8. The minimum absolute atomic E-state index is 0.133. The lowest BCUT2D eigenvalue weighted by atomic mass is 10.1. The monoisotopic (exact) mass is 391 g/mol. The Balaban J connectivity index is 1.77. The van der Waals surface area contributed by atoms with Crippen molar-refractivity contribution in [1.29, 1.82) is 5.26 Å². The number of nitriles is 1. The number of anilines is 3. The predicted octanol–water partition coefficient (Wildman–Crippen LogP) is 1.84. The summed E-state index contributed by atoms with van der Waals surface area (Å²) in [5.41, 5.74) is 16.8. The van der Waals surface area contributed by atoms with Crippen LogP contribution in [0.3, 0.4) is 0 Å². The average Bonchev–Trinajstić information content (AvgIpc) is 3.26. The van der Waals surface area contributed by atoms with Crippen LogP contribution in [0.1, 0.15) is 36.3 Å². The summed E-state index contributed by atoms with van der Waals surface area (Å²) in [7, 11) is 2.01. The highest BCUT2D eigenvalue weighted by Gasteiger charge is 2.26. The van der Waals surface area contributed by atoms with Gasteiger partial charge in [-0.25, -0.2) is 9.97 Å². The van der Waals surface area contributed by atoms with Crippen LogP contribution in [0.2, 0.25) is 0 Å². The van der Waals surface area contributed by atoms with E-state index in [-0.39, 0.29) is 18.0 Å². The van der Waals surface area contributed by atoms with E-state index < -0.39 is 0 Å². The Labute approximate surface area is 169 Å². The van der Waals surface area contributed by atoms with Gasteiger partial charge in [0.05, 0.1) is 34.2 Å². The first-order valence-electron chi connectivity index (χ1n) is 9.64. The number of pyridine rings is 1. The number of fused-ring (bicyclic) bond motifs is 1. The molecule has 1 saturated heterocycles. The fourth-order valence-electron chi connectivity index (χ4n) is 3.87.